The van der Waals surface area contributed by atoms with Gasteiger partial charge in [-0.2, -0.15) is 4.39 Å². The number of nitrogens with one attached hydrogen (secondary N) is 1. The van der Waals surface area contributed by atoms with Crippen LogP contribution in [-0.2, 0) is 6.54 Å². The van der Waals surface area contributed by atoms with Crippen LogP contribution >= 0.6 is 0 Å². The molecule has 1 atom stereocenters. The highest BCUT2D eigenvalue weighted by molar-refractivity contribution is 6.01. The van der Waals surface area contributed by atoms with Crippen molar-refractivity contribution in [2.24, 2.45) is 16.1 Å². The minimum absolute atomic E-state index is 0.202. The van der Waals surface area contributed by atoms with Crippen LogP contribution in [0.3, 0.4) is 0 Å². The highest BCUT2D eigenvalue weighted by atomic mass is 19.2. The van der Waals surface area contributed by atoms with Crippen LogP contribution in [0.4, 0.5) is 8.78 Å². The van der Waals surface area contributed by atoms with Crippen LogP contribution in [0.2, 0.25) is 0 Å². The maximum absolute atomic E-state index is 14.9. The Morgan fingerprint density at radius 3 is 2.64 bits per heavy atom. The molecule has 9 heteroatoms. The van der Waals surface area contributed by atoms with E-state index in [-0.39, 0.29) is 11.4 Å². The summed E-state index contributed by atoms with van der Waals surface area (Å²) in [6.45, 7) is 7.89. The molecule has 3 rings (SSSR count). The number of aliphatic hydroxyl groups excluding tert-OH is 1. The Bertz CT molecular complexity index is 1340. The molecule has 4 N–H and O–H groups in total. The van der Waals surface area contributed by atoms with Crippen LogP contribution in [0.1, 0.15) is 33.4 Å². The third-order valence-corrected chi connectivity index (χ3v) is 5.87. The van der Waals surface area contributed by atoms with E-state index in [4.69, 9.17) is 10.5 Å². The third-order valence-electron chi connectivity index (χ3n) is 5.87. The fourth-order valence-electron chi connectivity index (χ4n) is 3.71. The summed E-state index contributed by atoms with van der Waals surface area (Å²) in [7, 11) is 3.43. The summed E-state index contributed by atoms with van der Waals surface area (Å²) in [6.07, 6.45) is 5.31. The SMILES string of the molecule is CN=C(C)C(/C=C/Oc1c(-c2ccc3ncc(CNC)n3c2)ccc(F)c1F)=C(\N)C(O)C(C)(C)C. The molecule has 2 heterocycles. The molecule has 0 fully saturated rings. The number of hydrogen-bond acceptors (Lipinski definition) is 6. The molecule has 0 saturated carbocycles. The summed E-state index contributed by atoms with van der Waals surface area (Å²) in [4.78, 5) is 8.52. The molecule has 3 aromatic rings. The summed E-state index contributed by atoms with van der Waals surface area (Å²) in [5, 5.41) is 13.7. The van der Waals surface area contributed by atoms with Gasteiger partial charge >= 0.3 is 0 Å². The minimum atomic E-state index is -1.12. The molecule has 1 aromatic carbocycles. The van der Waals surface area contributed by atoms with Gasteiger partial charge in [0.15, 0.2) is 11.6 Å². The number of ether oxygens (including phenoxy) is 1. The van der Waals surface area contributed by atoms with Gasteiger partial charge in [0.2, 0.25) is 5.82 Å². The predicted molar refractivity (Wildman–Crippen MR) is 139 cm³/mol. The van der Waals surface area contributed by atoms with Crippen molar-refractivity contribution < 1.29 is 18.6 Å². The van der Waals surface area contributed by atoms with Gasteiger partial charge in [-0.3, -0.25) is 4.99 Å². The number of imidazole rings is 1. The second-order valence-electron chi connectivity index (χ2n) is 9.53. The van der Waals surface area contributed by atoms with E-state index in [0.29, 0.717) is 29.0 Å². The van der Waals surface area contributed by atoms with E-state index in [2.05, 4.69) is 15.3 Å². The van der Waals surface area contributed by atoms with Gasteiger partial charge in [-0.05, 0) is 49.7 Å². The Balaban J connectivity index is 2.05. The molecule has 2 aromatic heterocycles. The van der Waals surface area contributed by atoms with E-state index in [0.717, 1.165) is 17.4 Å². The molecule has 192 valence electrons. The number of hydrogen-bond donors (Lipinski definition) is 3. The number of fused-ring (bicyclic) bond motifs is 1. The molecule has 0 spiro atoms. The van der Waals surface area contributed by atoms with Crippen LogP contribution in [0.25, 0.3) is 16.8 Å². The van der Waals surface area contributed by atoms with Crippen LogP contribution in [-0.4, -0.2) is 40.4 Å². The maximum Gasteiger partial charge on any atom is 0.201 e. The Kier molecular flexibility index (Phi) is 8.27. The van der Waals surface area contributed by atoms with E-state index in [1.54, 1.807) is 38.5 Å². The lowest BCUT2D eigenvalue weighted by atomic mass is 9.85. The van der Waals surface area contributed by atoms with E-state index in [1.165, 1.54) is 18.4 Å². The number of rotatable bonds is 8. The van der Waals surface area contributed by atoms with Crippen LogP contribution in [0.15, 0.2) is 65.3 Å². The third kappa shape index (κ3) is 5.63. The van der Waals surface area contributed by atoms with Crippen molar-refractivity contribution in [3.05, 3.63) is 77.6 Å². The molecule has 0 saturated heterocycles. The zero-order chi connectivity index (χ0) is 26.6. The molecule has 1 unspecified atom stereocenters. The quantitative estimate of drug-likeness (QED) is 0.240. The highest BCUT2D eigenvalue weighted by Crippen LogP contribution is 2.34. The zero-order valence-corrected chi connectivity index (χ0v) is 21.4. The van der Waals surface area contributed by atoms with Crippen molar-refractivity contribution >= 4 is 11.4 Å². The largest absolute Gasteiger partial charge is 0.461 e. The van der Waals surface area contributed by atoms with Crippen molar-refractivity contribution in [1.82, 2.24) is 14.7 Å². The lowest BCUT2D eigenvalue weighted by Gasteiger charge is -2.27. The molecule has 7 nitrogen and oxygen atoms in total. The Morgan fingerprint density at radius 1 is 1.28 bits per heavy atom. The van der Waals surface area contributed by atoms with Crippen molar-refractivity contribution in [2.45, 2.75) is 40.3 Å². The second kappa shape index (κ2) is 11.0. The molecule has 0 aliphatic rings. The topological polar surface area (TPSA) is 97.2 Å². The van der Waals surface area contributed by atoms with Gasteiger partial charge in [0.25, 0.3) is 0 Å². The van der Waals surface area contributed by atoms with E-state index in [1.807, 2.05) is 32.2 Å². The molecule has 36 heavy (non-hydrogen) atoms. The summed E-state index contributed by atoms with van der Waals surface area (Å²) in [6, 6.07) is 6.09. The molecule has 0 amide bonds. The standard InChI is InChI=1S/C27H33F2N5O2/c1-16(32-6)19(24(30)26(35)27(2,3)4)11-12-36-25-20(8-9-21(28)23(25)29)17-7-10-22-33-14-18(13-31-5)34(22)15-17/h7-12,14-15,26,31,35H,13,30H2,1-6H3/b12-11+,24-19-,32-16?. The first-order valence-electron chi connectivity index (χ1n) is 11.5. The summed E-state index contributed by atoms with van der Waals surface area (Å²) in [5.41, 5.74) is 9.55. The number of nitrogens with two attached hydrogens (primary N) is 1. The molecular formula is C27H33F2N5O2. The first kappa shape index (κ1) is 27.0. The lowest BCUT2D eigenvalue weighted by molar-refractivity contribution is 0.0932. The smallest absolute Gasteiger partial charge is 0.201 e. The average molecular weight is 498 g/mol. The van der Waals surface area contributed by atoms with Gasteiger partial charge in [-0.1, -0.05) is 20.8 Å². The van der Waals surface area contributed by atoms with Gasteiger partial charge < -0.3 is 25.3 Å². The summed E-state index contributed by atoms with van der Waals surface area (Å²) < 4.78 is 36.7. The minimum Gasteiger partial charge on any atom is -0.461 e. The maximum atomic E-state index is 14.9. The molecule has 0 radical (unpaired) electrons. The second-order valence-corrected chi connectivity index (χ2v) is 9.53. The Labute approximate surface area is 210 Å². The van der Waals surface area contributed by atoms with Gasteiger partial charge in [-0.25, -0.2) is 9.37 Å². The number of halogens is 2. The number of allylic oxidation sites excluding steroid dienone is 2. The summed E-state index contributed by atoms with van der Waals surface area (Å²) in [5.74, 6) is -2.43. The molecular weight excluding hydrogens is 464 g/mol. The number of aliphatic hydroxyl groups is 1. The number of benzene rings is 1. The van der Waals surface area contributed by atoms with Crippen molar-refractivity contribution in [2.75, 3.05) is 14.1 Å². The highest BCUT2D eigenvalue weighted by Gasteiger charge is 2.26. The number of nitrogens with zero attached hydrogens (tertiary/aromatic N) is 3. The molecule has 0 bridgehead atoms. The van der Waals surface area contributed by atoms with Gasteiger partial charge in [0.05, 0.1) is 24.3 Å². The predicted octanol–water partition coefficient (Wildman–Crippen LogP) is 4.60. The van der Waals surface area contributed by atoms with Gasteiger partial charge in [0, 0.05) is 47.9 Å². The van der Waals surface area contributed by atoms with Gasteiger partial charge in [-0.15, -0.1) is 0 Å². The van der Waals surface area contributed by atoms with Crippen molar-refractivity contribution in [3.63, 3.8) is 0 Å². The Morgan fingerprint density at radius 2 is 2.00 bits per heavy atom. The van der Waals surface area contributed by atoms with E-state index < -0.39 is 23.2 Å². The van der Waals surface area contributed by atoms with E-state index >= 15 is 0 Å². The van der Waals surface area contributed by atoms with Gasteiger partial charge in [0.1, 0.15) is 5.65 Å². The van der Waals surface area contributed by atoms with Crippen molar-refractivity contribution in [1.29, 1.82) is 0 Å². The Hall–Kier alpha value is -3.56. The van der Waals surface area contributed by atoms with Crippen LogP contribution in [0, 0.1) is 17.0 Å². The number of aliphatic imine (C=N–C) groups is 1. The lowest BCUT2D eigenvalue weighted by Crippen LogP contribution is -2.33. The normalized spacial score (nSPS) is 14.4. The first-order chi connectivity index (χ1) is 17.0. The monoisotopic (exact) mass is 497 g/mol. The van der Waals surface area contributed by atoms with Crippen molar-refractivity contribution in [3.8, 4) is 16.9 Å². The first-order valence-corrected chi connectivity index (χ1v) is 11.5. The fourth-order valence-corrected chi connectivity index (χ4v) is 3.71. The summed E-state index contributed by atoms with van der Waals surface area (Å²) >= 11 is 0. The average Bonchev–Trinajstić information content (AvgIpc) is 3.24. The molecule has 0 aliphatic heterocycles. The fraction of sp³-hybridized carbons (Fsp3) is 0.333. The number of pyridine rings is 1. The van der Waals surface area contributed by atoms with Crippen LogP contribution in [0.5, 0.6) is 5.75 Å². The number of aromatic nitrogens is 2. The van der Waals surface area contributed by atoms with Crippen LogP contribution < -0.4 is 15.8 Å². The van der Waals surface area contributed by atoms with E-state index in [9.17, 15) is 13.9 Å². The molecule has 0 aliphatic carbocycles. The zero-order valence-electron chi connectivity index (χ0n) is 21.4.